The van der Waals surface area contributed by atoms with E-state index < -0.39 is 0 Å². The van der Waals surface area contributed by atoms with Crippen LogP contribution in [0.2, 0.25) is 0 Å². The molecule has 2 aliphatic rings. The largest absolute Gasteiger partial charge is 0.460 e. The van der Waals surface area contributed by atoms with E-state index in [0.29, 0.717) is 25.6 Å². The van der Waals surface area contributed by atoms with Crippen molar-refractivity contribution in [3.05, 3.63) is 53.8 Å². The van der Waals surface area contributed by atoms with E-state index in [4.69, 9.17) is 4.42 Å². The monoisotopic (exact) mass is 378 g/mol. The number of amides is 1. The number of rotatable bonds is 4. The molecule has 3 heterocycles. The molecule has 1 saturated carbocycles. The van der Waals surface area contributed by atoms with Crippen LogP contribution in [0.5, 0.6) is 0 Å². The van der Waals surface area contributed by atoms with Crippen molar-refractivity contribution in [1.29, 1.82) is 0 Å². The molecular formula is C22H26N4O2. The number of hydrogen-bond acceptors (Lipinski definition) is 4. The summed E-state index contributed by atoms with van der Waals surface area (Å²) < 4.78 is 6.02. The lowest BCUT2D eigenvalue weighted by molar-refractivity contribution is -0.128. The molecule has 1 atom stereocenters. The molecule has 0 radical (unpaired) electrons. The topological polar surface area (TPSA) is 74.2 Å². The van der Waals surface area contributed by atoms with Crippen LogP contribution in [0.3, 0.4) is 0 Å². The third kappa shape index (κ3) is 3.44. The van der Waals surface area contributed by atoms with Gasteiger partial charge in [-0.25, -0.2) is 4.98 Å². The molecule has 1 fully saturated rings. The van der Waals surface area contributed by atoms with Crippen LogP contribution >= 0.6 is 0 Å². The van der Waals surface area contributed by atoms with E-state index in [0.717, 1.165) is 41.0 Å². The quantitative estimate of drug-likeness (QED) is 0.728. The van der Waals surface area contributed by atoms with Gasteiger partial charge in [0.05, 0.1) is 30.3 Å². The molecular weight excluding hydrogens is 352 g/mol. The first-order chi connectivity index (χ1) is 13.8. The number of aromatic amines is 1. The highest BCUT2D eigenvalue weighted by Gasteiger charge is 2.34. The first-order valence-electron chi connectivity index (χ1n) is 10.3. The highest BCUT2D eigenvalue weighted by atomic mass is 16.3. The van der Waals surface area contributed by atoms with Crippen molar-refractivity contribution in [2.24, 2.45) is 0 Å². The Kier molecular flexibility index (Phi) is 4.64. The van der Waals surface area contributed by atoms with Crippen molar-refractivity contribution >= 4 is 16.9 Å². The molecule has 146 valence electrons. The number of benzene rings is 1. The molecule has 1 aromatic carbocycles. The van der Waals surface area contributed by atoms with Gasteiger partial charge in [0.25, 0.3) is 0 Å². The Morgan fingerprint density at radius 3 is 2.96 bits per heavy atom. The summed E-state index contributed by atoms with van der Waals surface area (Å²) in [6.07, 6.45) is 8.25. The summed E-state index contributed by atoms with van der Waals surface area (Å²) >= 11 is 0. The number of fused-ring (bicyclic) bond motifs is 2. The third-order valence-electron chi connectivity index (χ3n) is 6.09. The standard InChI is InChI=1S/C22H26N4O2/c27-22(25-16-7-2-1-3-8-16)20-11-18-19(24-14-23-18)13-26(20)12-17-10-15-6-4-5-9-21(15)28-17/h4-6,9-10,14,16,20H,1-3,7-8,11-13H2,(H,23,24)(H,25,27)/t20-/m0/s1. The molecule has 28 heavy (non-hydrogen) atoms. The van der Waals surface area contributed by atoms with Crippen molar-refractivity contribution in [2.45, 2.75) is 63.7 Å². The van der Waals surface area contributed by atoms with Crippen molar-refractivity contribution < 1.29 is 9.21 Å². The van der Waals surface area contributed by atoms with E-state index >= 15 is 0 Å². The van der Waals surface area contributed by atoms with E-state index in [1.807, 2.05) is 18.2 Å². The predicted octanol–water partition coefficient (Wildman–Crippen LogP) is 3.53. The molecule has 0 bridgehead atoms. The van der Waals surface area contributed by atoms with E-state index in [1.54, 1.807) is 6.33 Å². The number of carbonyl (C=O) groups excluding carboxylic acids is 1. The maximum atomic E-state index is 13.1. The van der Waals surface area contributed by atoms with Crippen LogP contribution in [-0.2, 0) is 24.3 Å². The zero-order chi connectivity index (χ0) is 18.9. The number of nitrogens with one attached hydrogen (secondary N) is 2. The van der Waals surface area contributed by atoms with Crippen LogP contribution in [0.1, 0.15) is 49.3 Å². The molecule has 1 aliphatic heterocycles. The molecule has 6 nitrogen and oxygen atoms in total. The van der Waals surface area contributed by atoms with Crippen molar-refractivity contribution in [1.82, 2.24) is 20.2 Å². The molecule has 0 spiro atoms. The van der Waals surface area contributed by atoms with Crippen LogP contribution in [0, 0.1) is 0 Å². The summed E-state index contributed by atoms with van der Waals surface area (Å²) in [6, 6.07) is 10.2. The first-order valence-corrected chi connectivity index (χ1v) is 10.3. The molecule has 1 aliphatic carbocycles. The molecule has 1 amide bonds. The van der Waals surface area contributed by atoms with Crippen LogP contribution in [0.25, 0.3) is 11.0 Å². The van der Waals surface area contributed by atoms with Gasteiger partial charge in [-0.3, -0.25) is 9.69 Å². The van der Waals surface area contributed by atoms with Gasteiger partial charge < -0.3 is 14.7 Å². The van der Waals surface area contributed by atoms with E-state index in [9.17, 15) is 4.79 Å². The van der Waals surface area contributed by atoms with Crippen molar-refractivity contribution in [2.75, 3.05) is 0 Å². The minimum Gasteiger partial charge on any atom is -0.460 e. The number of aromatic nitrogens is 2. The lowest BCUT2D eigenvalue weighted by Crippen LogP contribution is -2.52. The zero-order valence-electron chi connectivity index (χ0n) is 16.0. The normalized spacial score (nSPS) is 20.9. The maximum absolute atomic E-state index is 13.1. The van der Waals surface area contributed by atoms with E-state index in [2.05, 4.69) is 32.3 Å². The van der Waals surface area contributed by atoms with Crippen molar-refractivity contribution in [3.8, 4) is 0 Å². The second-order valence-corrected chi connectivity index (χ2v) is 8.05. The van der Waals surface area contributed by atoms with Crippen LogP contribution < -0.4 is 5.32 Å². The summed E-state index contributed by atoms with van der Waals surface area (Å²) in [5.41, 5.74) is 2.99. The fourth-order valence-corrected chi connectivity index (χ4v) is 4.57. The SMILES string of the molecule is O=C(NC1CCCCC1)[C@@H]1Cc2nc[nH]c2CN1Cc1cc2ccccc2o1. The summed E-state index contributed by atoms with van der Waals surface area (Å²) in [6.45, 7) is 1.28. The van der Waals surface area contributed by atoms with E-state index in [-0.39, 0.29) is 11.9 Å². The second kappa shape index (κ2) is 7.43. The Balaban J connectivity index is 1.37. The number of imidazole rings is 1. The third-order valence-corrected chi connectivity index (χ3v) is 6.09. The van der Waals surface area contributed by atoms with Gasteiger partial charge in [-0.2, -0.15) is 0 Å². The zero-order valence-corrected chi connectivity index (χ0v) is 16.0. The summed E-state index contributed by atoms with van der Waals surface area (Å²) in [4.78, 5) is 23.0. The number of H-pyrrole nitrogens is 1. The number of nitrogens with zero attached hydrogens (tertiary/aromatic N) is 2. The molecule has 2 aromatic heterocycles. The number of hydrogen-bond donors (Lipinski definition) is 2. The fourth-order valence-electron chi connectivity index (χ4n) is 4.57. The average molecular weight is 378 g/mol. The van der Waals surface area contributed by atoms with Gasteiger partial charge in [0.2, 0.25) is 5.91 Å². The van der Waals surface area contributed by atoms with Gasteiger partial charge in [0.1, 0.15) is 11.3 Å². The van der Waals surface area contributed by atoms with Crippen LogP contribution in [0.15, 0.2) is 41.1 Å². The van der Waals surface area contributed by atoms with Gasteiger partial charge >= 0.3 is 0 Å². The molecule has 5 rings (SSSR count). The van der Waals surface area contributed by atoms with Gasteiger partial charge in [-0.15, -0.1) is 0 Å². The molecule has 0 unspecified atom stereocenters. The Morgan fingerprint density at radius 1 is 1.25 bits per heavy atom. The van der Waals surface area contributed by atoms with Gasteiger partial charge in [0.15, 0.2) is 0 Å². The highest BCUT2D eigenvalue weighted by Crippen LogP contribution is 2.26. The highest BCUT2D eigenvalue weighted by molar-refractivity contribution is 5.82. The lowest BCUT2D eigenvalue weighted by Gasteiger charge is -2.35. The number of carbonyl (C=O) groups is 1. The van der Waals surface area contributed by atoms with Gasteiger partial charge in [-0.1, -0.05) is 37.5 Å². The number of furan rings is 1. The Bertz CT molecular complexity index is 937. The fraction of sp³-hybridized carbons (Fsp3) is 0.455. The van der Waals surface area contributed by atoms with E-state index in [1.165, 1.54) is 19.3 Å². The Hall–Kier alpha value is -2.60. The minimum atomic E-state index is -0.217. The van der Waals surface area contributed by atoms with Gasteiger partial charge in [0, 0.05) is 24.4 Å². The Labute approximate surface area is 164 Å². The van der Waals surface area contributed by atoms with Crippen LogP contribution in [-0.4, -0.2) is 32.9 Å². The lowest BCUT2D eigenvalue weighted by atomic mass is 9.94. The summed E-state index contributed by atoms with van der Waals surface area (Å²) in [5, 5.41) is 4.40. The predicted molar refractivity (Wildman–Crippen MR) is 107 cm³/mol. The van der Waals surface area contributed by atoms with Gasteiger partial charge in [-0.05, 0) is 25.0 Å². The molecule has 6 heteroatoms. The van der Waals surface area contributed by atoms with Crippen molar-refractivity contribution in [3.63, 3.8) is 0 Å². The second-order valence-electron chi connectivity index (χ2n) is 8.05. The first kappa shape index (κ1) is 17.5. The average Bonchev–Trinajstić information content (AvgIpc) is 3.33. The van der Waals surface area contributed by atoms with Crippen LogP contribution in [0.4, 0.5) is 0 Å². The molecule has 3 aromatic rings. The smallest absolute Gasteiger partial charge is 0.238 e. The minimum absolute atomic E-state index is 0.122. The number of para-hydroxylation sites is 1. The summed E-state index contributed by atoms with van der Waals surface area (Å²) in [7, 11) is 0. The summed E-state index contributed by atoms with van der Waals surface area (Å²) in [5.74, 6) is 1.01. The maximum Gasteiger partial charge on any atom is 0.238 e. The molecule has 2 N–H and O–H groups in total. The Morgan fingerprint density at radius 2 is 2.11 bits per heavy atom. The molecule has 0 saturated heterocycles.